The summed E-state index contributed by atoms with van der Waals surface area (Å²) in [5.74, 6) is 1.08. The van der Waals surface area contributed by atoms with Crippen molar-refractivity contribution in [3.63, 3.8) is 0 Å². The van der Waals surface area contributed by atoms with Crippen molar-refractivity contribution < 1.29 is 5.11 Å². The largest absolute Gasteiger partial charge is 0.396 e. The van der Waals surface area contributed by atoms with E-state index in [9.17, 15) is 5.11 Å². The minimum atomic E-state index is 0.124. The lowest BCUT2D eigenvalue weighted by Gasteiger charge is -2.17. The van der Waals surface area contributed by atoms with Crippen LogP contribution in [0.2, 0.25) is 0 Å². The van der Waals surface area contributed by atoms with Crippen molar-refractivity contribution in [2.45, 2.75) is 11.3 Å². The van der Waals surface area contributed by atoms with Crippen LogP contribution in [-0.4, -0.2) is 43.0 Å². The molecule has 0 atom stereocenters. The highest BCUT2D eigenvalue weighted by atomic mass is 32.2. The van der Waals surface area contributed by atoms with Crippen molar-refractivity contribution >= 4 is 22.9 Å². The van der Waals surface area contributed by atoms with Crippen LogP contribution < -0.4 is 0 Å². The number of thioether (sulfide) groups is 1. The van der Waals surface area contributed by atoms with E-state index in [2.05, 4.69) is 91.8 Å². The van der Waals surface area contributed by atoms with Gasteiger partial charge >= 0.3 is 0 Å². The zero-order valence-electron chi connectivity index (χ0n) is 17.2. The first-order chi connectivity index (χ1) is 14.2. The van der Waals surface area contributed by atoms with Gasteiger partial charge in [-0.3, -0.25) is 0 Å². The normalized spacial score (nSPS) is 12.1. The smallest absolute Gasteiger partial charge is 0.0471 e. The van der Waals surface area contributed by atoms with Crippen molar-refractivity contribution in [3.8, 4) is 0 Å². The van der Waals surface area contributed by atoms with Crippen LogP contribution in [-0.2, 0) is 0 Å². The number of aliphatic hydroxyl groups is 1. The molecule has 0 aliphatic carbocycles. The molecule has 0 aliphatic rings. The molecule has 2 nitrogen and oxygen atoms in total. The fourth-order valence-corrected chi connectivity index (χ4v) is 4.37. The summed E-state index contributed by atoms with van der Waals surface area (Å²) in [5, 5.41) is 9.79. The minimum absolute atomic E-state index is 0.124. The molecule has 150 valence electrons. The van der Waals surface area contributed by atoms with E-state index in [4.69, 9.17) is 0 Å². The predicted molar refractivity (Wildman–Crippen MR) is 126 cm³/mol. The van der Waals surface area contributed by atoms with Gasteiger partial charge in [-0.2, -0.15) is 0 Å². The maximum absolute atomic E-state index is 9.79. The first-order valence-corrected chi connectivity index (χ1v) is 11.0. The Kier molecular flexibility index (Phi) is 8.12. The topological polar surface area (TPSA) is 23.5 Å². The molecule has 0 saturated heterocycles. The molecule has 0 heterocycles. The molecule has 0 radical (unpaired) electrons. The highest BCUT2D eigenvalue weighted by Gasteiger charge is 2.14. The molecular weight excluding hydrogens is 374 g/mol. The van der Waals surface area contributed by atoms with Crippen LogP contribution in [0.15, 0.2) is 89.8 Å². The van der Waals surface area contributed by atoms with Crippen molar-refractivity contribution in [1.29, 1.82) is 0 Å². The van der Waals surface area contributed by atoms with Crippen LogP contribution in [0.5, 0.6) is 0 Å². The van der Waals surface area contributed by atoms with Gasteiger partial charge in [0.15, 0.2) is 0 Å². The third kappa shape index (κ3) is 6.07. The first-order valence-electron chi connectivity index (χ1n) is 10.0. The van der Waals surface area contributed by atoms with Gasteiger partial charge < -0.3 is 10.0 Å². The second kappa shape index (κ2) is 11.0. The van der Waals surface area contributed by atoms with E-state index >= 15 is 0 Å². The lowest BCUT2D eigenvalue weighted by atomic mass is 9.88. The molecule has 0 spiro atoms. The number of nitrogens with zero attached hydrogens (tertiary/aromatic N) is 1. The van der Waals surface area contributed by atoms with Crippen LogP contribution in [0, 0.1) is 0 Å². The van der Waals surface area contributed by atoms with Gasteiger partial charge in [-0.1, -0.05) is 72.8 Å². The Labute approximate surface area is 178 Å². The molecule has 3 rings (SSSR count). The molecule has 0 aromatic heterocycles. The lowest BCUT2D eigenvalue weighted by molar-refractivity contribution is 0.305. The second-order valence-electron chi connectivity index (χ2n) is 7.24. The van der Waals surface area contributed by atoms with Crippen LogP contribution in [0.1, 0.15) is 23.1 Å². The molecule has 0 bridgehead atoms. The molecule has 1 N–H and O–H groups in total. The molecule has 0 unspecified atom stereocenters. The van der Waals surface area contributed by atoms with Gasteiger partial charge in [-0.15, -0.1) is 11.8 Å². The quantitative estimate of drug-likeness (QED) is 0.367. The molecule has 0 fully saturated rings. The molecular formula is C26H29NOS. The molecule has 3 heteroatoms. The van der Waals surface area contributed by atoms with Gasteiger partial charge in [-0.05, 0) is 60.5 Å². The summed E-state index contributed by atoms with van der Waals surface area (Å²) in [6, 6.07) is 29.7. The highest BCUT2D eigenvalue weighted by Crippen LogP contribution is 2.35. The van der Waals surface area contributed by atoms with Crippen molar-refractivity contribution in [2.75, 3.05) is 33.0 Å². The van der Waals surface area contributed by atoms with E-state index in [1.807, 2.05) is 23.9 Å². The van der Waals surface area contributed by atoms with E-state index in [1.165, 1.54) is 27.2 Å². The third-order valence-corrected chi connectivity index (χ3v) is 5.79. The number of hydrogen-bond donors (Lipinski definition) is 1. The second-order valence-corrected chi connectivity index (χ2v) is 8.40. The summed E-state index contributed by atoms with van der Waals surface area (Å²) in [4.78, 5) is 3.49. The Morgan fingerprint density at radius 3 is 1.86 bits per heavy atom. The average molecular weight is 404 g/mol. The molecule has 3 aromatic rings. The summed E-state index contributed by atoms with van der Waals surface area (Å²) in [6.45, 7) is 1.19. The Hall–Kier alpha value is -2.33. The Morgan fingerprint density at radius 1 is 0.759 bits per heavy atom. The molecule has 0 amide bonds. The van der Waals surface area contributed by atoms with E-state index in [1.54, 1.807) is 0 Å². The highest BCUT2D eigenvalue weighted by molar-refractivity contribution is 7.99. The maximum Gasteiger partial charge on any atom is 0.0471 e. The van der Waals surface area contributed by atoms with Crippen molar-refractivity contribution in [2.24, 2.45) is 0 Å². The number of rotatable bonds is 9. The zero-order valence-corrected chi connectivity index (χ0v) is 18.0. The van der Waals surface area contributed by atoms with Gasteiger partial charge in [0.2, 0.25) is 0 Å². The van der Waals surface area contributed by atoms with Gasteiger partial charge in [0, 0.05) is 23.8 Å². The lowest BCUT2D eigenvalue weighted by Crippen LogP contribution is -2.14. The van der Waals surface area contributed by atoms with Gasteiger partial charge in [-0.25, -0.2) is 0 Å². The fraction of sp³-hybridized carbons (Fsp3) is 0.231. The third-order valence-electron chi connectivity index (χ3n) is 4.80. The van der Waals surface area contributed by atoms with Gasteiger partial charge in [0.25, 0.3) is 0 Å². The van der Waals surface area contributed by atoms with Crippen LogP contribution in [0.4, 0.5) is 0 Å². The van der Waals surface area contributed by atoms with Crippen LogP contribution in [0.3, 0.4) is 0 Å². The molecule has 3 aromatic carbocycles. The number of hydrogen-bond acceptors (Lipinski definition) is 3. The minimum Gasteiger partial charge on any atom is -0.396 e. The number of benzene rings is 3. The van der Waals surface area contributed by atoms with E-state index in [0.717, 1.165) is 17.9 Å². The van der Waals surface area contributed by atoms with Crippen molar-refractivity contribution in [1.82, 2.24) is 4.90 Å². The summed E-state index contributed by atoms with van der Waals surface area (Å²) in [7, 11) is 4.21. The van der Waals surface area contributed by atoms with Gasteiger partial charge in [0.1, 0.15) is 0 Å². The zero-order chi connectivity index (χ0) is 20.5. The molecule has 0 aliphatic heterocycles. The average Bonchev–Trinajstić information content (AvgIpc) is 2.75. The van der Waals surface area contributed by atoms with E-state index in [0.29, 0.717) is 6.42 Å². The van der Waals surface area contributed by atoms with Gasteiger partial charge in [0.05, 0.1) is 0 Å². The maximum atomic E-state index is 9.79. The fourth-order valence-electron chi connectivity index (χ4n) is 3.35. The summed E-state index contributed by atoms with van der Waals surface area (Å²) in [6.07, 6.45) is 0.619. The Bertz CT molecular complexity index is 902. The predicted octanol–water partition coefficient (Wildman–Crippen LogP) is 5.68. The summed E-state index contributed by atoms with van der Waals surface area (Å²) >= 11 is 1.88. The van der Waals surface area contributed by atoms with E-state index in [-0.39, 0.29) is 6.61 Å². The summed E-state index contributed by atoms with van der Waals surface area (Å²) < 4.78 is 0. The SMILES string of the molecule is CN(C)CCSc1ccc(/C(=C(/CCO)c2ccccc2)c2ccccc2)cc1. The monoisotopic (exact) mass is 403 g/mol. The molecule has 29 heavy (non-hydrogen) atoms. The van der Waals surface area contributed by atoms with E-state index < -0.39 is 0 Å². The molecule has 0 saturated carbocycles. The Morgan fingerprint density at radius 2 is 1.31 bits per heavy atom. The van der Waals surface area contributed by atoms with Crippen molar-refractivity contribution in [3.05, 3.63) is 102 Å². The number of aliphatic hydroxyl groups excluding tert-OH is 1. The Balaban J connectivity index is 2.02. The van der Waals surface area contributed by atoms with Crippen LogP contribution in [0.25, 0.3) is 11.1 Å². The first kappa shape index (κ1) is 21.4. The summed E-state index contributed by atoms with van der Waals surface area (Å²) in [5.41, 5.74) is 5.88. The van der Waals surface area contributed by atoms with Crippen LogP contribution >= 0.6 is 11.8 Å². The standard InChI is InChI=1S/C26H29NOS/c1-27(2)18-20-29-24-15-13-23(14-16-24)26(22-11-7-4-8-12-22)25(17-19-28)21-9-5-3-6-10-21/h3-16,28H,17-20H2,1-2H3/b26-25-.